The predicted octanol–water partition coefficient (Wildman–Crippen LogP) is 5.98. The first-order valence-corrected chi connectivity index (χ1v) is 15.9. The fourth-order valence-electron chi connectivity index (χ4n) is 7.08. The molecule has 1 saturated carbocycles. The predicted molar refractivity (Wildman–Crippen MR) is 168 cm³/mol. The lowest BCUT2D eigenvalue weighted by molar-refractivity contribution is 0.0326. The fourth-order valence-corrected chi connectivity index (χ4v) is 7.08. The molecule has 42 heavy (non-hydrogen) atoms. The molecule has 1 amide bonds. The van der Waals surface area contributed by atoms with E-state index in [9.17, 15) is 9.90 Å². The summed E-state index contributed by atoms with van der Waals surface area (Å²) in [5.41, 5.74) is 5.15. The van der Waals surface area contributed by atoms with Gasteiger partial charge in [-0.05, 0) is 86.8 Å². The highest BCUT2D eigenvalue weighted by Crippen LogP contribution is 2.47. The van der Waals surface area contributed by atoms with Crippen LogP contribution in [-0.2, 0) is 12.8 Å². The quantitative estimate of drug-likeness (QED) is 0.281. The molecule has 1 saturated heterocycles. The second-order valence-electron chi connectivity index (χ2n) is 12.5. The van der Waals surface area contributed by atoms with Gasteiger partial charge in [0.05, 0.1) is 12.1 Å². The number of aryl methyl sites for hydroxylation is 1. The molecule has 0 unspecified atom stereocenters. The van der Waals surface area contributed by atoms with Crippen LogP contribution < -0.4 is 20.3 Å². The van der Waals surface area contributed by atoms with Crippen molar-refractivity contribution in [3.8, 4) is 5.75 Å². The van der Waals surface area contributed by atoms with Crippen LogP contribution in [-0.4, -0.2) is 48.4 Å². The van der Waals surface area contributed by atoms with Gasteiger partial charge >= 0.3 is 0 Å². The van der Waals surface area contributed by atoms with Gasteiger partial charge in [0.2, 0.25) is 0 Å². The van der Waals surface area contributed by atoms with Gasteiger partial charge in [-0.15, -0.1) is 0 Å². The number of nitrogens with one attached hydrogen (secondary N) is 2. The Hall–Kier alpha value is -3.35. The van der Waals surface area contributed by atoms with Crippen LogP contribution in [0.1, 0.15) is 85.0 Å². The van der Waals surface area contributed by atoms with Gasteiger partial charge in [-0.25, -0.2) is 0 Å². The molecule has 0 aromatic heterocycles. The Morgan fingerprint density at radius 2 is 1.76 bits per heavy atom. The lowest BCUT2D eigenvalue weighted by Crippen LogP contribution is -2.50. The Morgan fingerprint density at radius 1 is 0.976 bits per heavy atom. The maximum Gasteiger partial charge on any atom is 0.251 e. The SMILES string of the molecule is CCc1ccc2c(c1)[C@@H](NC[C@@H](O)[C@H](Cc1ccccc1)NC(=O)c1cccc(N3CCCC3)c1)CC1(CCCC1)O2. The van der Waals surface area contributed by atoms with Crippen molar-refractivity contribution in [1.29, 1.82) is 0 Å². The van der Waals surface area contributed by atoms with Crippen LogP contribution in [0.3, 0.4) is 0 Å². The van der Waals surface area contributed by atoms with Crippen LogP contribution >= 0.6 is 0 Å². The van der Waals surface area contributed by atoms with Gasteiger partial charge in [0, 0.05) is 48.9 Å². The first-order chi connectivity index (χ1) is 20.5. The first-order valence-electron chi connectivity index (χ1n) is 15.9. The van der Waals surface area contributed by atoms with Crippen LogP contribution in [0.4, 0.5) is 5.69 Å². The van der Waals surface area contributed by atoms with Crippen LogP contribution in [0, 0.1) is 0 Å². The average molecular weight is 568 g/mol. The number of carbonyl (C=O) groups excluding carboxylic acids is 1. The van der Waals surface area contributed by atoms with Crippen molar-refractivity contribution in [2.45, 2.75) is 88.5 Å². The number of amides is 1. The van der Waals surface area contributed by atoms with Gasteiger partial charge in [0.1, 0.15) is 11.4 Å². The number of aliphatic hydroxyl groups excluding tert-OH is 1. The summed E-state index contributed by atoms with van der Waals surface area (Å²) in [5, 5.41) is 18.5. The summed E-state index contributed by atoms with van der Waals surface area (Å²) in [6.07, 6.45) is 8.57. The molecule has 3 N–H and O–H groups in total. The molecular formula is C36H45N3O3. The Morgan fingerprint density at radius 3 is 2.52 bits per heavy atom. The number of ether oxygens (including phenoxy) is 1. The van der Waals surface area contributed by atoms with E-state index in [2.05, 4.69) is 58.9 Å². The molecule has 0 radical (unpaired) electrons. The molecule has 1 spiro atoms. The van der Waals surface area contributed by atoms with Crippen molar-refractivity contribution in [3.63, 3.8) is 0 Å². The number of carbonyl (C=O) groups is 1. The molecule has 222 valence electrons. The normalized spacial score (nSPS) is 20.6. The van der Waals surface area contributed by atoms with Crippen molar-refractivity contribution < 1.29 is 14.6 Å². The van der Waals surface area contributed by atoms with Gasteiger partial charge in [0.25, 0.3) is 5.91 Å². The molecule has 6 rings (SSSR count). The molecule has 3 aromatic carbocycles. The standard InChI is InChI=1S/C36H45N3O3/c1-2-26-15-16-34-30(21-26)32(24-36(42-34)17-6-7-18-36)37-25-33(40)31(22-27-11-4-3-5-12-27)38-35(41)28-13-10-14-29(23-28)39-19-8-9-20-39/h3-5,10-16,21,23,31-33,37,40H,2,6-9,17-20,22,24-25H2,1H3,(H,38,41)/t31-,32-,33+/m0/s1. The van der Waals surface area contributed by atoms with Crippen molar-refractivity contribution in [1.82, 2.24) is 10.6 Å². The minimum Gasteiger partial charge on any atom is -0.487 e. The lowest BCUT2D eigenvalue weighted by Gasteiger charge is -2.41. The van der Waals surface area contributed by atoms with Gasteiger partial charge in [0.15, 0.2) is 0 Å². The van der Waals surface area contributed by atoms with E-state index >= 15 is 0 Å². The van der Waals surface area contributed by atoms with E-state index in [1.54, 1.807) is 0 Å². The van der Waals surface area contributed by atoms with E-state index in [1.807, 2.05) is 36.4 Å². The van der Waals surface area contributed by atoms with Gasteiger partial charge < -0.3 is 25.4 Å². The summed E-state index contributed by atoms with van der Waals surface area (Å²) >= 11 is 0. The molecule has 0 bridgehead atoms. The second kappa shape index (κ2) is 12.9. The van der Waals surface area contributed by atoms with E-state index < -0.39 is 12.1 Å². The topological polar surface area (TPSA) is 73.8 Å². The molecule has 2 heterocycles. The number of nitrogens with zero attached hydrogens (tertiary/aromatic N) is 1. The smallest absolute Gasteiger partial charge is 0.251 e. The highest BCUT2D eigenvalue weighted by atomic mass is 16.5. The molecule has 3 atom stereocenters. The number of fused-ring (bicyclic) bond motifs is 1. The van der Waals surface area contributed by atoms with Crippen molar-refractivity contribution in [2.24, 2.45) is 0 Å². The third-order valence-corrected chi connectivity index (χ3v) is 9.51. The van der Waals surface area contributed by atoms with Gasteiger partial charge in [-0.1, -0.05) is 55.5 Å². The van der Waals surface area contributed by atoms with Gasteiger partial charge in [-0.3, -0.25) is 4.79 Å². The number of rotatable bonds is 10. The monoisotopic (exact) mass is 567 g/mol. The van der Waals surface area contributed by atoms with Crippen LogP contribution in [0.15, 0.2) is 72.8 Å². The Labute approximate surface area is 250 Å². The number of hydrogen-bond acceptors (Lipinski definition) is 5. The number of benzene rings is 3. The summed E-state index contributed by atoms with van der Waals surface area (Å²) in [7, 11) is 0. The third kappa shape index (κ3) is 6.50. The zero-order chi connectivity index (χ0) is 28.9. The summed E-state index contributed by atoms with van der Waals surface area (Å²) in [6, 6.07) is 24.2. The summed E-state index contributed by atoms with van der Waals surface area (Å²) in [4.78, 5) is 15.9. The maximum atomic E-state index is 13.5. The minimum atomic E-state index is -0.767. The highest BCUT2D eigenvalue weighted by Gasteiger charge is 2.43. The number of aliphatic hydroxyl groups is 1. The van der Waals surface area contributed by atoms with E-state index in [4.69, 9.17) is 4.74 Å². The molecule has 3 aromatic rings. The molecule has 6 nitrogen and oxygen atoms in total. The first kappa shape index (κ1) is 28.8. The largest absolute Gasteiger partial charge is 0.487 e. The summed E-state index contributed by atoms with van der Waals surface area (Å²) in [6.45, 7) is 4.61. The van der Waals surface area contributed by atoms with E-state index in [1.165, 1.54) is 36.8 Å². The molecule has 1 aliphatic carbocycles. The molecule has 3 aliphatic rings. The Balaban J connectivity index is 1.19. The van der Waals surface area contributed by atoms with Gasteiger partial charge in [-0.2, -0.15) is 0 Å². The Kier molecular flexibility index (Phi) is 8.82. The molecule has 2 fully saturated rings. The molecular weight excluding hydrogens is 522 g/mol. The zero-order valence-electron chi connectivity index (χ0n) is 24.9. The summed E-state index contributed by atoms with van der Waals surface area (Å²) < 4.78 is 6.63. The minimum absolute atomic E-state index is 0.0956. The average Bonchev–Trinajstić information content (AvgIpc) is 3.73. The summed E-state index contributed by atoms with van der Waals surface area (Å²) in [5.74, 6) is 0.823. The number of hydrogen-bond donors (Lipinski definition) is 3. The van der Waals surface area contributed by atoms with E-state index in [0.29, 0.717) is 18.5 Å². The number of anilines is 1. The van der Waals surface area contributed by atoms with E-state index in [-0.39, 0.29) is 17.6 Å². The zero-order valence-corrected chi connectivity index (χ0v) is 24.9. The van der Waals surface area contributed by atoms with Crippen molar-refractivity contribution >= 4 is 11.6 Å². The van der Waals surface area contributed by atoms with Crippen LogP contribution in [0.5, 0.6) is 5.75 Å². The van der Waals surface area contributed by atoms with Crippen molar-refractivity contribution in [2.75, 3.05) is 24.5 Å². The second-order valence-corrected chi connectivity index (χ2v) is 12.5. The Bertz CT molecular complexity index is 1350. The fraction of sp³-hybridized carbons (Fsp3) is 0.472. The van der Waals surface area contributed by atoms with E-state index in [0.717, 1.165) is 55.8 Å². The molecule has 6 heteroatoms. The maximum absolute atomic E-state index is 13.5. The van der Waals surface area contributed by atoms with Crippen molar-refractivity contribution in [3.05, 3.63) is 95.1 Å². The third-order valence-electron chi connectivity index (χ3n) is 9.51. The van der Waals surface area contributed by atoms with Crippen LogP contribution in [0.25, 0.3) is 0 Å². The molecule has 2 aliphatic heterocycles. The van der Waals surface area contributed by atoms with Crippen LogP contribution in [0.2, 0.25) is 0 Å². The lowest BCUT2D eigenvalue weighted by atomic mass is 9.85. The highest BCUT2D eigenvalue weighted by molar-refractivity contribution is 5.95.